The lowest BCUT2D eigenvalue weighted by Crippen LogP contribution is -2.37. The molecule has 0 unspecified atom stereocenters. The first-order chi connectivity index (χ1) is 14.3. The fraction of sp³-hybridized carbons (Fsp3) is 0.250. The van der Waals surface area contributed by atoms with Gasteiger partial charge in [0.1, 0.15) is 18.0 Å². The number of hydrogen-bond donors (Lipinski definition) is 1. The maximum Gasteiger partial charge on any atom is 0.270 e. The van der Waals surface area contributed by atoms with Crippen molar-refractivity contribution < 1.29 is 28.8 Å². The van der Waals surface area contributed by atoms with Gasteiger partial charge in [0.05, 0.1) is 35.0 Å². The Balaban J connectivity index is 1.78. The maximum atomic E-state index is 12.5. The van der Waals surface area contributed by atoms with Crippen LogP contribution in [0.4, 0.5) is 11.4 Å². The zero-order valence-electron chi connectivity index (χ0n) is 16.3. The Labute approximate surface area is 171 Å². The van der Waals surface area contributed by atoms with E-state index in [1.807, 2.05) is 6.92 Å². The number of fused-ring (bicyclic) bond motifs is 1. The molecule has 0 aromatic heterocycles. The number of nitrogens with zero attached hydrogens (tertiary/aromatic N) is 2. The minimum Gasteiger partial charge on any atom is -0.494 e. The molecule has 1 heterocycles. The first-order valence-corrected chi connectivity index (χ1v) is 9.19. The molecule has 0 atom stereocenters. The van der Waals surface area contributed by atoms with E-state index >= 15 is 0 Å². The summed E-state index contributed by atoms with van der Waals surface area (Å²) in [7, 11) is 0. The number of carbonyl (C=O) groups excluding carboxylic acids is 3. The minimum absolute atomic E-state index is 0.0201. The van der Waals surface area contributed by atoms with E-state index in [1.165, 1.54) is 6.07 Å². The number of non-ortho nitro benzene ring substituents is 1. The molecule has 0 aliphatic carbocycles. The van der Waals surface area contributed by atoms with Gasteiger partial charge in [-0.25, -0.2) is 0 Å². The van der Waals surface area contributed by atoms with Gasteiger partial charge in [0, 0.05) is 18.2 Å². The Morgan fingerprint density at radius 3 is 2.40 bits per heavy atom. The summed E-state index contributed by atoms with van der Waals surface area (Å²) in [5.74, 6) is -1.15. The third-order valence-electron chi connectivity index (χ3n) is 4.30. The molecule has 3 amide bonds. The monoisotopic (exact) mass is 413 g/mol. The Hall–Kier alpha value is -3.95. The SMILES string of the molecule is CCOc1ccc(OCC)c(NC(=O)CN2C(=O)c3ccc([N+](=O)[O-])cc3C2=O)c1. The summed E-state index contributed by atoms with van der Waals surface area (Å²) in [4.78, 5) is 48.6. The second-order valence-corrected chi connectivity index (χ2v) is 6.26. The standard InChI is InChI=1S/C20H19N3O7/c1-3-29-13-6-8-17(30-4-2)16(10-13)21-18(24)11-22-19(25)14-7-5-12(23(27)28)9-15(14)20(22)26/h5-10H,3-4,11H2,1-2H3,(H,21,24). The Bertz CT molecular complexity index is 1040. The molecule has 30 heavy (non-hydrogen) atoms. The molecule has 0 radical (unpaired) electrons. The Morgan fingerprint density at radius 2 is 1.73 bits per heavy atom. The third kappa shape index (κ3) is 4.07. The van der Waals surface area contributed by atoms with Crippen LogP contribution in [0.15, 0.2) is 36.4 Å². The first kappa shape index (κ1) is 20.8. The lowest BCUT2D eigenvalue weighted by Gasteiger charge is -2.16. The highest BCUT2D eigenvalue weighted by Crippen LogP contribution is 2.30. The van der Waals surface area contributed by atoms with E-state index in [0.717, 1.165) is 17.0 Å². The number of amides is 3. The molecule has 0 bridgehead atoms. The summed E-state index contributed by atoms with van der Waals surface area (Å²) >= 11 is 0. The van der Waals surface area contributed by atoms with Crippen LogP contribution < -0.4 is 14.8 Å². The summed E-state index contributed by atoms with van der Waals surface area (Å²) in [5, 5.41) is 13.5. The van der Waals surface area contributed by atoms with E-state index < -0.39 is 29.2 Å². The van der Waals surface area contributed by atoms with Crippen LogP contribution in [0, 0.1) is 10.1 Å². The highest BCUT2D eigenvalue weighted by molar-refractivity contribution is 6.23. The predicted molar refractivity (Wildman–Crippen MR) is 106 cm³/mol. The molecule has 156 valence electrons. The van der Waals surface area contributed by atoms with Crippen molar-refractivity contribution in [1.29, 1.82) is 0 Å². The number of benzene rings is 2. The summed E-state index contributed by atoms with van der Waals surface area (Å²) in [6.07, 6.45) is 0. The summed E-state index contributed by atoms with van der Waals surface area (Å²) in [6.45, 7) is 3.86. The number of carbonyl (C=O) groups is 3. The van der Waals surface area contributed by atoms with Gasteiger partial charge < -0.3 is 14.8 Å². The molecular formula is C20H19N3O7. The molecule has 0 fully saturated rings. The number of nitro groups is 1. The first-order valence-electron chi connectivity index (χ1n) is 9.19. The summed E-state index contributed by atoms with van der Waals surface area (Å²) < 4.78 is 10.9. The van der Waals surface area contributed by atoms with Gasteiger partial charge in [-0.1, -0.05) is 0 Å². The number of imide groups is 1. The normalized spacial score (nSPS) is 12.5. The van der Waals surface area contributed by atoms with Crippen molar-refractivity contribution in [3.63, 3.8) is 0 Å². The molecule has 2 aromatic carbocycles. The number of nitrogens with one attached hydrogen (secondary N) is 1. The van der Waals surface area contributed by atoms with Crippen LogP contribution in [0.5, 0.6) is 11.5 Å². The van der Waals surface area contributed by atoms with Gasteiger partial charge in [0.25, 0.3) is 17.5 Å². The lowest BCUT2D eigenvalue weighted by molar-refractivity contribution is -0.384. The smallest absolute Gasteiger partial charge is 0.270 e. The van der Waals surface area contributed by atoms with Gasteiger partial charge in [0.2, 0.25) is 5.91 Å². The van der Waals surface area contributed by atoms with E-state index in [1.54, 1.807) is 25.1 Å². The molecule has 1 N–H and O–H groups in total. The summed E-state index contributed by atoms with van der Waals surface area (Å²) in [6, 6.07) is 8.31. The van der Waals surface area contributed by atoms with Gasteiger partial charge in [0.15, 0.2) is 0 Å². The molecular weight excluding hydrogens is 394 g/mol. The maximum absolute atomic E-state index is 12.5. The van der Waals surface area contributed by atoms with Crippen molar-refractivity contribution in [3.8, 4) is 11.5 Å². The Kier molecular flexibility index (Phi) is 5.95. The van der Waals surface area contributed by atoms with Crippen molar-refractivity contribution in [2.75, 3.05) is 25.1 Å². The summed E-state index contributed by atoms with van der Waals surface area (Å²) in [5.41, 5.74) is -0.0579. The molecule has 10 nitrogen and oxygen atoms in total. The molecule has 0 spiro atoms. The quantitative estimate of drug-likeness (QED) is 0.400. The molecule has 1 aliphatic heterocycles. The highest BCUT2D eigenvalue weighted by Gasteiger charge is 2.37. The average Bonchev–Trinajstić information content (AvgIpc) is 2.94. The zero-order valence-corrected chi connectivity index (χ0v) is 16.3. The Morgan fingerprint density at radius 1 is 1.03 bits per heavy atom. The van der Waals surface area contributed by atoms with Crippen LogP contribution in [0.1, 0.15) is 34.6 Å². The molecule has 1 aliphatic rings. The van der Waals surface area contributed by atoms with E-state index in [9.17, 15) is 24.5 Å². The number of rotatable bonds is 8. The van der Waals surface area contributed by atoms with Crippen LogP contribution in [-0.2, 0) is 4.79 Å². The number of hydrogen-bond acceptors (Lipinski definition) is 7. The fourth-order valence-electron chi connectivity index (χ4n) is 3.01. The second kappa shape index (κ2) is 8.60. The third-order valence-corrected chi connectivity index (χ3v) is 4.30. The largest absolute Gasteiger partial charge is 0.494 e. The fourth-order valence-corrected chi connectivity index (χ4v) is 3.01. The van der Waals surface area contributed by atoms with Crippen LogP contribution in [0.25, 0.3) is 0 Å². The van der Waals surface area contributed by atoms with Crippen molar-refractivity contribution in [3.05, 3.63) is 57.6 Å². The number of anilines is 1. The molecule has 0 saturated carbocycles. The van der Waals surface area contributed by atoms with E-state index in [2.05, 4.69) is 5.32 Å². The number of nitro benzene ring substituents is 1. The van der Waals surface area contributed by atoms with Crippen LogP contribution in [0.2, 0.25) is 0 Å². The predicted octanol–water partition coefficient (Wildman–Crippen LogP) is 2.63. The van der Waals surface area contributed by atoms with Crippen LogP contribution in [0.3, 0.4) is 0 Å². The van der Waals surface area contributed by atoms with Crippen molar-refractivity contribution >= 4 is 29.1 Å². The van der Waals surface area contributed by atoms with Gasteiger partial charge >= 0.3 is 0 Å². The van der Waals surface area contributed by atoms with Gasteiger partial charge in [-0.05, 0) is 32.0 Å². The van der Waals surface area contributed by atoms with Crippen molar-refractivity contribution in [1.82, 2.24) is 4.90 Å². The highest BCUT2D eigenvalue weighted by atomic mass is 16.6. The zero-order chi connectivity index (χ0) is 21.8. The van der Waals surface area contributed by atoms with E-state index in [4.69, 9.17) is 9.47 Å². The average molecular weight is 413 g/mol. The van der Waals surface area contributed by atoms with Crippen molar-refractivity contribution in [2.45, 2.75) is 13.8 Å². The van der Waals surface area contributed by atoms with E-state index in [-0.39, 0.29) is 16.8 Å². The van der Waals surface area contributed by atoms with Gasteiger partial charge in [-0.3, -0.25) is 29.4 Å². The van der Waals surface area contributed by atoms with Gasteiger partial charge in [-0.15, -0.1) is 0 Å². The van der Waals surface area contributed by atoms with Crippen LogP contribution >= 0.6 is 0 Å². The molecule has 3 rings (SSSR count). The number of ether oxygens (including phenoxy) is 2. The molecule has 2 aromatic rings. The van der Waals surface area contributed by atoms with E-state index in [0.29, 0.717) is 30.4 Å². The molecule has 10 heteroatoms. The topological polar surface area (TPSA) is 128 Å². The van der Waals surface area contributed by atoms with Gasteiger partial charge in [-0.2, -0.15) is 0 Å². The second-order valence-electron chi connectivity index (χ2n) is 6.26. The van der Waals surface area contributed by atoms with Crippen LogP contribution in [-0.4, -0.2) is 47.3 Å². The minimum atomic E-state index is -0.762. The lowest BCUT2D eigenvalue weighted by atomic mass is 10.1. The molecule has 0 saturated heterocycles. The van der Waals surface area contributed by atoms with Crippen molar-refractivity contribution in [2.24, 2.45) is 0 Å².